The zero-order valence-corrected chi connectivity index (χ0v) is 8.42. The molecule has 0 aromatic heterocycles. The summed E-state index contributed by atoms with van der Waals surface area (Å²) in [7, 11) is 0. The zero-order valence-electron chi connectivity index (χ0n) is 8.42. The van der Waals surface area contributed by atoms with E-state index in [0.717, 1.165) is 19.6 Å². The molecule has 1 fully saturated rings. The second kappa shape index (κ2) is 4.42. The fourth-order valence-corrected chi connectivity index (χ4v) is 1.41. The Hall–Kier alpha value is -0.830. The Morgan fingerprint density at radius 1 is 1.69 bits per heavy atom. The average Bonchev–Trinajstić information content (AvgIpc) is 2.00. The molecule has 13 heavy (non-hydrogen) atoms. The van der Waals surface area contributed by atoms with Crippen molar-refractivity contribution in [1.82, 2.24) is 10.2 Å². The standard InChI is InChI=1S/C10H18N2O/c1-4-10(13)12-6-9(7-12)5-11-8(2)3/h4,8-9,11H,1,5-7H2,2-3H3. The molecule has 74 valence electrons. The summed E-state index contributed by atoms with van der Waals surface area (Å²) in [5, 5.41) is 3.36. The van der Waals surface area contributed by atoms with Gasteiger partial charge in [-0.15, -0.1) is 0 Å². The molecule has 0 bridgehead atoms. The van der Waals surface area contributed by atoms with Gasteiger partial charge < -0.3 is 10.2 Å². The highest BCUT2D eigenvalue weighted by Gasteiger charge is 2.28. The van der Waals surface area contributed by atoms with Crippen molar-refractivity contribution in [2.75, 3.05) is 19.6 Å². The SMILES string of the molecule is C=CC(=O)N1CC(CNC(C)C)C1. The summed E-state index contributed by atoms with van der Waals surface area (Å²) >= 11 is 0. The lowest BCUT2D eigenvalue weighted by molar-refractivity contribution is -0.131. The van der Waals surface area contributed by atoms with Crippen LogP contribution < -0.4 is 5.32 Å². The number of amides is 1. The lowest BCUT2D eigenvalue weighted by Crippen LogP contribution is -2.53. The van der Waals surface area contributed by atoms with Crippen molar-refractivity contribution >= 4 is 5.91 Å². The Labute approximate surface area is 79.8 Å². The van der Waals surface area contributed by atoms with Gasteiger partial charge in [-0.05, 0) is 6.08 Å². The minimum absolute atomic E-state index is 0.0563. The van der Waals surface area contributed by atoms with E-state index in [1.165, 1.54) is 6.08 Å². The van der Waals surface area contributed by atoms with E-state index in [2.05, 4.69) is 25.7 Å². The van der Waals surface area contributed by atoms with Gasteiger partial charge in [0.1, 0.15) is 0 Å². The third kappa shape index (κ3) is 2.84. The molecule has 0 atom stereocenters. The van der Waals surface area contributed by atoms with Crippen molar-refractivity contribution in [2.45, 2.75) is 19.9 Å². The third-order valence-corrected chi connectivity index (χ3v) is 2.26. The van der Waals surface area contributed by atoms with Crippen LogP contribution in [-0.2, 0) is 4.79 Å². The van der Waals surface area contributed by atoms with E-state index in [1.54, 1.807) is 0 Å². The Morgan fingerprint density at radius 2 is 2.31 bits per heavy atom. The molecule has 3 nitrogen and oxygen atoms in total. The normalized spacial score (nSPS) is 17.3. The van der Waals surface area contributed by atoms with Crippen molar-refractivity contribution in [3.8, 4) is 0 Å². The van der Waals surface area contributed by atoms with Gasteiger partial charge in [0.25, 0.3) is 0 Å². The van der Waals surface area contributed by atoms with Crippen LogP contribution in [0.3, 0.4) is 0 Å². The molecule has 0 aliphatic carbocycles. The van der Waals surface area contributed by atoms with Gasteiger partial charge in [0, 0.05) is 31.6 Å². The summed E-state index contributed by atoms with van der Waals surface area (Å²) in [6, 6.07) is 0.532. The molecular formula is C10H18N2O. The maximum atomic E-state index is 11.1. The molecule has 1 amide bonds. The van der Waals surface area contributed by atoms with Gasteiger partial charge in [-0.25, -0.2) is 0 Å². The number of hydrogen-bond donors (Lipinski definition) is 1. The molecule has 0 unspecified atom stereocenters. The highest BCUT2D eigenvalue weighted by atomic mass is 16.2. The van der Waals surface area contributed by atoms with Gasteiger partial charge in [-0.1, -0.05) is 20.4 Å². The van der Waals surface area contributed by atoms with E-state index in [4.69, 9.17) is 0 Å². The first-order valence-electron chi connectivity index (χ1n) is 4.78. The zero-order chi connectivity index (χ0) is 9.84. The van der Waals surface area contributed by atoms with Crippen molar-refractivity contribution in [1.29, 1.82) is 0 Å². The minimum atomic E-state index is 0.0563. The molecule has 0 radical (unpaired) electrons. The van der Waals surface area contributed by atoms with Crippen LogP contribution in [0, 0.1) is 5.92 Å². The maximum Gasteiger partial charge on any atom is 0.245 e. The molecule has 3 heteroatoms. The van der Waals surface area contributed by atoms with E-state index in [1.807, 2.05) is 4.90 Å². The van der Waals surface area contributed by atoms with Crippen LogP contribution in [0.1, 0.15) is 13.8 Å². The maximum absolute atomic E-state index is 11.1. The van der Waals surface area contributed by atoms with Crippen LogP contribution >= 0.6 is 0 Å². The van der Waals surface area contributed by atoms with Gasteiger partial charge in [-0.3, -0.25) is 4.79 Å². The van der Waals surface area contributed by atoms with E-state index >= 15 is 0 Å². The minimum Gasteiger partial charge on any atom is -0.338 e. The molecule has 1 aliphatic heterocycles. The fourth-order valence-electron chi connectivity index (χ4n) is 1.41. The number of carbonyl (C=O) groups excluding carboxylic acids is 1. The first kappa shape index (κ1) is 10.3. The van der Waals surface area contributed by atoms with Gasteiger partial charge in [0.05, 0.1) is 0 Å². The second-order valence-corrected chi connectivity index (χ2v) is 3.88. The van der Waals surface area contributed by atoms with Crippen LogP contribution in [-0.4, -0.2) is 36.5 Å². The predicted octanol–water partition coefficient (Wildman–Crippen LogP) is 0.629. The van der Waals surface area contributed by atoms with Crippen LogP contribution in [0.4, 0.5) is 0 Å². The van der Waals surface area contributed by atoms with E-state index in [9.17, 15) is 4.79 Å². The summed E-state index contributed by atoms with van der Waals surface area (Å²) in [6.45, 7) is 10.5. The van der Waals surface area contributed by atoms with Gasteiger partial charge >= 0.3 is 0 Å². The number of carbonyl (C=O) groups is 1. The first-order valence-corrected chi connectivity index (χ1v) is 4.78. The highest BCUT2D eigenvalue weighted by molar-refractivity contribution is 5.87. The Bertz CT molecular complexity index is 195. The highest BCUT2D eigenvalue weighted by Crippen LogP contribution is 2.14. The lowest BCUT2D eigenvalue weighted by atomic mass is 10.00. The summed E-state index contributed by atoms with van der Waals surface area (Å²) < 4.78 is 0. The third-order valence-electron chi connectivity index (χ3n) is 2.26. The molecule has 0 aromatic rings. The largest absolute Gasteiger partial charge is 0.338 e. The summed E-state index contributed by atoms with van der Waals surface area (Å²) in [4.78, 5) is 12.9. The Morgan fingerprint density at radius 3 is 2.77 bits per heavy atom. The number of likely N-dealkylation sites (tertiary alicyclic amines) is 1. The fraction of sp³-hybridized carbons (Fsp3) is 0.700. The van der Waals surface area contributed by atoms with Crippen LogP contribution in [0.25, 0.3) is 0 Å². The number of nitrogens with zero attached hydrogens (tertiary/aromatic N) is 1. The molecule has 1 heterocycles. The van der Waals surface area contributed by atoms with E-state index in [-0.39, 0.29) is 5.91 Å². The van der Waals surface area contributed by atoms with Gasteiger partial charge in [0.15, 0.2) is 0 Å². The van der Waals surface area contributed by atoms with E-state index < -0.39 is 0 Å². The van der Waals surface area contributed by atoms with Crippen molar-refractivity contribution in [3.63, 3.8) is 0 Å². The topological polar surface area (TPSA) is 32.3 Å². The quantitative estimate of drug-likeness (QED) is 0.647. The molecule has 0 spiro atoms. The number of nitrogens with one attached hydrogen (secondary N) is 1. The van der Waals surface area contributed by atoms with Crippen molar-refractivity contribution in [3.05, 3.63) is 12.7 Å². The lowest BCUT2D eigenvalue weighted by Gasteiger charge is -2.39. The average molecular weight is 182 g/mol. The van der Waals surface area contributed by atoms with Crippen LogP contribution in [0.2, 0.25) is 0 Å². The van der Waals surface area contributed by atoms with E-state index in [0.29, 0.717) is 12.0 Å². The molecule has 0 aromatic carbocycles. The molecule has 1 aliphatic rings. The van der Waals surface area contributed by atoms with Crippen molar-refractivity contribution in [2.24, 2.45) is 5.92 Å². The van der Waals surface area contributed by atoms with Crippen LogP contribution in [0.5, 0.6) is 0 Å². The molecular weight excluding hydrogens is 164 g/mol. The van der Waals surface area contributed by atoms with Gasteiger partial charge in [0.2, 0.25) is 5.91 Å². The first-order chi connectivity index (χ1) is 6.13. The molecule has 1 N–H and O–H groups in total. The molecule has 0 saturated carbocycles. The monoisotopic (exact) mass is 182 g/mol. The summed E-state index contributed by atoms with van der Waals surface area (Å²) in [5.74, 6) is 0.687. The predicted molar refractivity (Wildman–Crippen MR) is 53.4 cm³/mol. The molecule has 1 rings (SSSR count). The molecule has 1 saturated heterocycles. The van der Waals surface area contributed by atoms with Crippen molar-refractivity contribution < 1.29 is 4.79 Å². The second-order valence-electron chi connectivity index (χ2n) is 3.88. The summed E-state index contributed by atoms with van der Waals surface area (Å²) in [5.41, 5.74) is 0. The van der Waals surface area contributed by atoms with Crippen LogP contribution in [0.15, 0.2) is 12.7 Å². The number of rotatable bonds is 4. The Balaban J connectivity index is 2.11. The smallest absolute Gasteiger partial charge is 0.245 e. The summed E-state index contributed by atoms with van der Waals surface area (Å²) in [6.07, 6.45) is 1.38. The van der Waals surface area contributed by atoms with Gasteiger partial charge in [-0.2, -0.15) is 0 Å². The Kier molecular flexibility index (Phi) is 3.48. The number of hydrogen-bond acceptors (Lipinski definition) is 2.